The van der Waals surface area contributed by atoms with E-state index in [1.807, 2.05) is 6.92 Å². The van der Waals surface area contributed by atoms with Gasteiger partial charge >= 0.3 is 0 Å². The van der Waals surface area contributed by atoms with Crippen LogP contribution in [0.15, 0.2) is 28.0 Å². The van der Waals surface area contributed by atoms with Crippen LogP contribution >= 0.6 is 0 Å². The van der Waals surface area contributed by atoms with E-state index < -0.39 is 15.6 Å². The summed E-state index contributed by atoms with van der Waals surface area (Å²) in [7, 11) is -3.70. The average molecular weight is 230 g/mol. The lowest BCUT2D eigenvalue weighted by Gasteiger charge is -2.10. The van der Waals surface area contributed by atoms with Crippen LogP contribution < -0.4 is 10.3 Å². The summed E-state index contributed by atoms with van der Waals surface area (Å²) in [5.41, 5.74) is -0.603. The first-order chi connectivity index (χ1) is 6.97. The summed E-state index contributed by atoms with van der Waals surface area (Å²) in [4.78, 5) is 13.3. The Morgan fingerprint density at radius 2 is 2.20 bits per heavy atom. The fourth-order valence-electron chi connectivity index (χ4n) is 1.03. The van der Waals surface area contributed by atoms with E-state index in [-0.39, 0.29) is 10.9 Å². The molecule has 0 radical (unpaired) electrons. The molecule has 0 amide bonds. The van der Waals surface area contributed by atoms with Crippen molar-refractivity contribution in [2.24, 2.45) is 0 Å². The molecule has 0 aliphatic rings. The van der Waals surface area contributed by atoms with Crippen LogP contribution in [0.2, 0.25) is 0 Å². The van der Waals surface area contributed by atoms with Crippen LogP contribution in [-0.4, -0.2) is 19.4 Å². The van der Waals surface area contributed by atoms with E-state index >= 15 is 0 Å². The number of aromatic amines is 1. The second-order valence-corrected chi connectivity index (χ2v) is 4.98. The summed E-state index contributed by atoms with van der Waals surface area (Å²) in [5.74, 6) is 0. The molecule has 0 saturated carbocycles. The van der Waals surface area contributed by atoms with Gasteiger partial charge in [-0.3, -0.25) is 4.79 Å². The van der Waals surface area contributed by atoms with E-state index in [4.69, 9.17) is 0 Å². The molecule has 0 aliphatic carbocycles. The van der Waals surface area contributed by atoms with Gasteiger partial charge < -0.3 is 4.98 Å². The van der Waals surface area contributed by atoms with E-state index in [0.717, 1.165) is 0 Å². The van der Waals surface area contributed by atoms with Gasteiger partial charge in [-0.25, -0.2) is 13.1 Å². The van der Waals surface area contributed by atoms with Gasteiger partial charge in [0.2, 0.25) is 10.0 Å². The number of H-pyrrole nitrogens is 1. The van der Waals surface area contributed by atoms with Gasteiger partial charge in [-0.05, 0) is 25.5 Å². The number of pyridine rings is 1. The molecule has 1 atom stereocenters. The van der Waals surface area contributed by atoms with Crippen LogP contribution in [-0.2, 0) is 10.0 Å². The molecule has 1 aromatic heterocycles. The van der Waals surface area contributed by atoms with E-state index in [1.54, 1.807) is 6.92 Å². The van der Waals surface area contributed by atoms with E-state index in [1.165, 1.54) is 18.3 Å². The number of nitrogens with one attached hydrogen (secondary N) is 2. The number of sulfonamides is 1. The first-order valence-electron chi connectivity index (χ1n) is 4.67. The summed E-state index contributed by atoms with van der Waals surface area (Å²) in [6.45, 7) is 3.61. The van der Waals surface area contributed by atoms with Crippen LogP contribution in [0.25, 0.3) is 0 Å². The highest BCUT2D eigenvalue weighted by Gasteiger charge is 2.19. The maximum absolute atomic E-state index is 11.7. The van der Waals surface area contributed by atoms with E-state index in [0.29, 0.717) is 6.42 Å². The molecule has 1 heterocycles. The molecule has 15 heavy (non-hydrogen) atoms. The van der Waals surface area contributed by atoms with Gasteiger partial charge in [0.25, 0.3) is 5.56 Å². The summed E-state index contributed by atoms with van der Waals surface area (Å²) in [5, 5.41) is 0. The van der Waals surface area contributed by atoms with Gasteiger partial charge in [0.15, 0.2) is 0 Å². The topological polar surface area (TPSA) is 79.0 Å². The van der Waals surface area contributed by atoms with Crippen molar-refractivity contribution in [3.8, 4) is 0 Å². The molecule has 5 nitrogen and oxygen atoms in total. The van der Waals surface area contributed by atoms with Crippen molar-refractivity contribution in [1.29, 1.82) is 0 Å². The normalized spacial score (nSPS) is 13.7. The summed E-state index contributed by atoms with van der Waals surface area (Å²) >= 11 is 0. The molecular formula is C9H14N2O3S. The van der Waals surface area contributed by atoms with Gasteiger partial charge in [-0.1, -0.05) is 6.92 Å². The largest absolute Gasteiger partial charge is 0.328 e. The van der Waals surface area contributed by atoms with E-state index in [9.17, 15) is 13.2 Å². The van der Waals surface area contributed by atoms with Crippen molar-refractivity contribution < 1.29 is 8.42 Å². The summed E-state index contributed by atoms with van der Waals surface area (Å²) in [6.07, 6.45) is 2.06. The lowest BCUT2D eigenvalue weighted by Crippen LogP contribution is -2.35. The molecule has 1 rings (SSSR count). The minimum absolute atomic E-state index is 0.186. The highest BCUT2D eigenvalue weighted by atomic mass is 32.2. The zero-order valence-corrected chi connectivity index (χ0v) is 9.47. The highest BCUT2D eigenvalue weighted by molar-refractivity contribution is 7.89. The number of aromatic nitrogens is 1. The molecule has 0 aliphatic heterocycles. The molecule has 2 N–H and O–H groups in total. The molecule has 0 bridgehead atoms. The molecule has 0 aromatic carbocycles. The molecule has 6 heteroatoms. The van der Waals surface area contributed by atoms with Crippen molar-refractivity contribution >= 4 is 10.0 Å². The molecule has 0 fully saturated rings. The zero-order chi connectivity index (χ0) is 11.5. The van der Waals surface area contributed by atoms with Gasteiger partial charge in [-0.2, -0.15) is 0 Å². The first kappa shape index (κ1) is 11.9. The SMILES string of the molecule is CCC(C)NS(=O)(=O)c1ccc[nH]c1=O. The maximum Gasteiger partial charge on any atom is 0.268 e. The second kappa shape index (κ2) is 4.59. The minimum atomic E-state index is -3.70. The van der Waals surface area contributed by atoms with Crippen molar-refractivity contribution in [1.82, 2.24) is 9.71 Å². The molecule has 1 unspecified atom stereocenters. The molecular weight excluding hydrogens is 216 g/mol. The van der Waals surface area contributed by atoms with E-state index in [2.05, 4.69) is 9.71 Å². The van der Waals surface area contributed by atoms with Crippen LogP contribution in [0.1, 0.15) is 20.3 Å². The second-order valence-electron chi connectivity index (χ2n) is 3.29. The molecule has 0 saturated heterocycles. The lowest BCUT2D eigenvalue weighted by atomic mass is 10.3. The Bertz CT molecular complexity index is 478. The van der Waals surface area contributed by atoms with Crippen molar-refractivity contribution in [3.63, 3.8) is 0 Å². The molecule has 1 aromatic rings. The third kappa shape index (κ3) is 2.90. The maximum atomic E-state index is 11.7. The van der Waals surface area contributed by atoms with Crippen molar-refractivity contribution in [3.05, 3.63) is 28.7 Å². The predicted octanol–water partition coefficient (Wildman–Crippen LogP) is 0.452. The Balaban J connectivity index is 3.08. The minimum Gasteiger partial charge on any atom is -0.328 e. The van der Waals surface area contributed by atoms with Crippen molar-refractivity contribution in [2.75, 3.05) is 0 Å². The standard InChI is InChI=1S/C9H14N2O3S/c1-3-7(2)11-15(13,14)8-5-4-6-10-9(8)12/h4-7,11H,3H2,1-2H3,(H,10,12). The average Bonchev–Trinajstić information content (AvgIpc) is 2.17. The number of rotatable bonds is 4. The summed E-state index contributed by atoms with van der Waals surface area (Å²) in [6, 6.07) is 2.57. The van der Waals surface area contributed by atoms with Crippen LogP contribution in [0.5, 0.6) is 0 Å². The predicted molar refractivity (Wildman–Crippen MR) is 57.1 cm³/mol. The quantitative estimate of drug-likeness (QED) is 0.788. The van der Waals surface area contributed by atoms with Gasteiger partial charge in [0.1, 0.15) is 4.90 Å². The Kier molecular flexibility index (Phi) is 3.65. The summed E-state index contributed by atoms with van der Waals surface area (Å²) < 4.78 is 25.8. The Labute approximate surface area is 88.6 Å². The van der Waals surface area contributed by atoms with Crippen LogP contribution in [0.4, 0.5) is 0 Å². The van der Waals surface area contributed by atoms with Gasteiger partial charge in [0.05, 0.1) is 0 Å². The Hall–Kier alpha value is -1.14. The van der Waals surface area contributed by atoms with Crippen molar-refractivity contribution in [2.45, 2.75) is 31.2 Å². The van der Waals surface area contributed by atoms with Gasteiger partial charge in [0, 0.05) is 12.2 Å². The lowest BCUT2D eigenvalue weighted by molar-refractivity contribution is 0.554. The third-order valence-corrected chi connectivity index (χ3v) is 3.65. The zero-order valence-electron chi connectivity index (χ0n) is 8.65. The number of hydrogen-bond donors (Lipinski definition) is 2. The smallest absolute Gasteiger partial charge is 0.268 e. The highest BCUT2D eigenvalue weighted by Crippen LogP contribution is 2.02. The third-order valence-electron chi connectivity index (χ3n) is 2.04. The first-order valence-corrected chi connectivity index (χ1v) is 6.15. The Morgan fingerprint density at radius 1 is 1.53 bits per heavy atom. The molecule has 84 valence electrons. The number of hydrogen-bond acceptors (Lipinski definition) is 3. The van der Waals surface area contributed by atoms with Gasteiger partial charge in [-0.15, -0.1) is 0 Å². The fraction of sp³-hybridized carbons (Fsp3) is 0.444. The molecule has 0 spiro atoms. The van der Waals surface area contributed by atoms with Crippen LogP contribution in [0.3, 0.4) is 0 Å². The monoisotopic (exact) mass is 230 g/mol. The Morgan fingerprint density at radius 3 is 2.73 bits per heavy atom. The fourth-order valence-corrected chi connectivity index (χ4v) is 2.41. The van der Waals surface area contributed by atoms with Crippen LogP contribution in [0, 0.1) is 0 Å².